The number of carboxylic acid groups (broad SMARTS) is 1. The molecule has 0 bridgehead atoms. The molecule has 0 radical (unpaired) electrons. The Hall–Kier alpha value is -1.91. The van der Waals surface area contributed by atoms with Gasteiger partial charge in [0, 0.05) is 0 Å². The Morgan fingerprint density at radius 1 is 1.39 bits per heavy atom. The first-order valence-corrected chi connectivity index (χ1v) is 5.77. The van der Waals surface area contributed by atoms with E-state index in [-0.39, 0.29) is 5.56 Å². The lowest BCUT2D eigenvalue weighted by atomic mass is 9.76. The molecule has 0 saturated heterocycles. The Morgan fingerprint density at radius 2 is 2.06 bits per heavy atom. The van der Waals surface area contributed by atoms with Crippen molar-refractivity contribution in [3.63, 3.8) is 0 Å². The Morgan fingerprint density at radius 3 is 2.56 bits per heavy atom. The number of amides is 1. The minimum atomic E-state index is -1.22. The molecule has 2 rings (SSSR count). The molecule has 96 valence electrons. The van der Waals surface area contributed by atoms with Crippen LogP contribution in [-0.4, -0.2) is 22.5 Å². The Labute approximate surface area is 104 Å². The largest absolute Gasteiger partial charge is 0.480 e. The monoisotopic (exact) mass is 251 g/mol. The fourth-order valence-corrected chi connectivity index (χ4v) is 2.03. The molecule has 1 fully saturated rings. The number of aliphatic carboxylic acids is 1. The molecule has 0 heterocycles. The molecule has 2 N–H and O–H groups in total. The second kappa shape index (κ2) is 4.40. The van der Waals surface area contributed by atoms with Crippen molar-refractivity contribution in [1.82, 2.24) is 5.32 Å². The molecule has 1 aliphatic carbocycles. The predicted molar refractivity (Wildman–Crippen MR) is 62.8 cm³/mol. The molecule has 1 aromatic carbocycles. The zero-order valence-corrected chi connectivity index (χ0v) is 10.00. The lowest BCUT2D eigenvalue weighted by molar-refractivity contribution is -0.148. The van der Waals surface area contributed by atoms with E-state index >= 15 is 0 Å². The number of carbonyl (C=O) groups is 2. The Kier molecular flexibility index (Phi) is 3.07. The molecule has 1 amide bonds. The van der Waals surface area contributed by atoms with Crippen LogP contribution in [0.1, 0.15) is 35.2 Å². The van der Waals surface area contributed by atoms with E-state index in [2.05, 4.69) is 5.32 Å². The van der Waals surface area contributed by atoms with Gasteiger partial charge in [0.05, 0.1) is 5.56 Å². The average Bonchev–Trinajstić information content (AvgIpc) is 2.26. The fraction of sp³-hybridized carbons (Fsp3) is 0.385. The van der Waals surface area contributed by atoms with Gasteiger partial charge in [-0.2, -0.15) is 0 Å². The highest BCUT2D eigenvalue weighted by atomic mass is 19.1. The smallest absolute Gasteiger partial charge is 0.329 e. The molecule has 1 saturated carbocycles. The second-order valence-corrected chi connectivity index (χ2v) is 4.63. The van der Waals surface area contributed by atoms with E-state index in [9.17, 15) is 14.0 Å². The van der Waals surface area contributed by atoms with E-state index in [1.165, 1.54) is 6.07 Å². The number of hydrogen-bond donors (Lipinski definition) is 2. The quantitative estimate of drug-likeness (QED) is 0.861. The number of carbonyl (C=O) groups excluding carboxylic acids is 1. The molecule has 1 aliphatic rings. The second-order valence-electron chi connectivity index (χ2n) is 4.63. The predicted octanol–water partition coefficient (Wildman–Crippen LogP) is 1.87. The first-order chi connectivity index (χ1) is 8.46. The maximum absolute atomic E-state index is 13.7. The summed E-state index contributed by atoms with van der Waals surface area (Å²) in [4.78, 5) is 23.0. The summed E-state index contributed by atoms with van der Waals surface area (Å²) in [6, 6.07) is 4.48. The topological polar surface area (TPSA) is 66.4 Å². The number of nitrogens with one attached hydrogen (secondary N) is 1. The molecule has 0 atom stereocenters. The Balaban J connectivity index is 2.22. The van der Waals surface area contributed by atoms with Gasteiger partial charge in [-0.3, -0.25) is 4.79 Å². The van der Waals surface area contributed by atoms with Crippen LogP contribution in [0.2, 0.25) is 0 Å². The van der Waals surface area contributed by atoms with Crippen molar-refractivity contribution in [1.29, 1.82) is 0 Å². The van der Waals surface area contributed by atoms with Crippen molar-refractivity contribution in [3.8, 4) is 0 Å². The highest BCUT2D eigenvalue weighted by molar-refractivity contribution is 5.98. The zero-order chi connectivity index (χ0) is 13.3. The van der Waals surface area contributed by atoms with E-state index in [0.29, 0.717) is 18.4 Å². The minimum Gasteiger partial charge on any atom is -0.480 e. The summed E-state index contributed by atoms with van der Waals surface area (Å²) < 4.78 is 13.7. The lowest BCUT2D eigenvalue weighted by Crippen LogP contribution is -2.59. The van der Waals surface area contributed by atoms with Gasteiger partial charge in [0.1, 0.15) is 11.4 Å². The van der Waals surface area contributed by atoms with Gasteiger partial charge in [0.15, 0.2) is 0 Å². The fourth-order valence-electron chi connectivity index (χ4n) is 2.03. The average molecular weight is 251 g/mol. The van der Waals surface area contributed by atoms with Crippen molar-refractivity contribution in [3.05, 3.63) is 35.1 Å². The summed E-state index contributed by atoms with van der Waals surface area (Å²) in [6.45, 7) is 1.56. The third-order valence-corrected chi connectivity index (χ3v) is 3.41. The number of aryl methyl sites for hydroxylation is 1. The van der Waals surface area contributed by atoms with Crippen molar-refractivity contribution in [2.45, 2.75) is 31.7 Å². The van der Waals surface area contributed by atoms with Crippen LogP contribution in [0, 0.1) is 12.7 Å². The van der Waals surface area contributed by atoms with Crippen LogP contribution in [-0.2, 0) is 4.79 Å². The van der Waals surface area contributed by atoms with Crippen molar-refractivity contribution in [2.24, 2.45) is 0 Å². The van der Waals surface area contributed by atoms with Gasteiger partial charge in [-0.15, -0.1) is 0 Å². The first kappa shape index (κ1) is 12.5. The van der Waals surface area contributed by atoms with Crippen molar-refractivity contribution in [2.75, 3.05) is 0 Å². The van der Waals surface area contributed by atoms with Crippen LogP contribution in [0.3, 0.4) is 0 Å². The SMILES string of the molecule is Cc1cccc(C(=O)NC2(C(=O)O)CCC2)c1F. The standard InChI is InChI=1S/C13H14FNO3/c1-8-4-2-5-9(10(8)14)11(16)15-13(12(17)18)6-3-7-13/h2,4-5H,3,6-7H2,1H3,(H,15,16)(H,17,18). The number of hydrogen-bond acceptors (Lipinski definition) is 2. The summed E-state index contributed by atoms with van der Waals surface area (Å²) in [5.74, 6) is -2.33. The van der Waals surface area contributed by atoms with E-state index in [1.54, 1.807) is 19.1 Å². The van der Waals surface area contributed by atoms with Crippen LogP contribution >= 0.6 is 0 Å². The lowest BCUT2D eigenvalue weighted by Gasteiger charge is -2.38. The highest BCUT2D eigenvalue weighted by Crippen LogP contribution is 2.32. The third-order valence-electron chi connectivity index (χ3n) is 3.41. The molecule has 18 heavy (non-hydrogen) atoms. The molecule has 4 nitrogen and oxygen atoms in total. The number of benzene rings is 1. The summed E-state index contributed by atoms with van der Waals surface area (Å²) in [5.41, 5.74) is -0.962. The van der Waals surface area contributed by atoms with Crippen LogP contribution in [0.5, 0.6) is 0 Å². The number of carboxylic acids is 1. The maximum Gasteiger partial charge on any atom is 0.329 e. The molecular formula is C13H14FNO3. The third kappa shape index (κ3) is 1.96. The van der Waals surface area contributed by atoms with E-state index in [4.69, 9.17) is 5.11 Å². The number of rotatable bonds is 3. The zero-order valence-electron chi connectivity index (χ0n) is 10.00. The van der Waals surface area contributed by atoms with Crippen LogP contribution in [0.15, 0.2) is 18.2 Å². The summed E-state index contributed by atoms with van der Waals surface area (Å²) in [7, 11) is 0. The summed E-state index contributed by atoms with van der Waals surface area (Å²) in [5, 5.41) is 11.5. The van der Waals surface area contributed by atoms with E-state index in [0.717, 1.165) is 6.42 Å². The molecule has 0 aromatic heterocycles. The van der Waals surface area contributed by atoms with Crippen molar-refractivity contribution >= 4 is 11.9 Å². The van der Waals surface area contributed by atoms with Crippen LogP contribution in [0.25, 0.3) is 0 Å². The molecule has 0 spiro atoms. The minimum absolute atomic E-state index is 0.109. The molecule has 5 heteroatoms. The van der Waals surface area contributed by atoms with E-state index < -0.39 is 23.2 Å². The normalized spacial score (nSPS) is 16.8. The first-order valence-electron chi connectivity index (χ1n) is 5.77. The summed E-state index contributed by atoms with van der Waals surface area (Å²) in [6.07, 6.45) is 1.53. The van der Waals surface area contributed by atoms with Gasteiger partial charge in [0.2, 0.25) is 0 Å². The van der Waals surface area contributed by atoms with Gasteiger partial charge in [-0.25, -0.2) is 9.18 Å². The van der Waals surface area contributed by atoms with E-state index in [1.807, 2.05) is 0 Å². The molecular weight excluding hydrogens is 237 g/mol. The van der Waals surface area contributed by atoms with Crippen LogP contribution in [0.4, 0.5) is 4.39 Å². The summed E-state index contributed by atoms with van der Waals surface area (Å²) >= 11 is 0. The highest BCUT2D eigenvalue weighted by Gasteiger charge is 2.46. The van der Waals surface area contributed by atoms with Gasteiger partial charge in [-0.05, 0) is 37.8 Å². The molecule has 0 aliphatic heterocycles. The number of halogens is 1. The van der Waals surface area contributed by atoms with Crippen molar-refractivity contribution < 1.29 is 19.1 Å². The van der Waals surface area contributed by atoms with Gasteiger partial charge >= 0.3 is 5.97 Å². The maximum atomic E-state index is 13.7. The molecule has 1 aromatic rings. The Bertz CT molecular complexity index is 509. The van der Waals surface area contributed by atoms with Gasteiger partial charge in [0.25, 0.3) is 5.91 Å². The molecule has 0 unspecified atom stereocenters. The van der Waals surface area contributed by atoms with Gasteiger partial charge < -0.3 is 10.4 Å². The van der Waals surface area contributed by atoms with Crippen LogP contribution < -0.4 is 5.32 Å². The van der Waals surface area contributed by atoms with Gasteiger partial charge in [-0.1, -0.05) is 12.1 Å².